The molecule has 0 radical (unpaired) electrons. The summed E-state index contributed by atoms with van der Waals surface area (Å²) in [7, 11) is 0. The molecular weight excluding hydrogens is 328 g/mol. The summed E-state index contributed by atoms with van der Waals surface area (Å²) in [5.74, 6) is -0.863. The van der Waals surface area contributed by atoms with Crippen molar-refractivity contribution in [1.29, 1.82) is 0 Å². The van der Waals surface area contributed by atoms with Gasteiger partial charge in [-0.15, -0.1) is 0 Å². The fraction of sp³-hybridized carbons (Fsp3) is 0.438. The average Bonchev–Trinajstić information content (AvgIpc) is 2.57. The Balaban J connectivity index is 2.13. The predicted octanol–water partition coefficient (Wildman–Crippen LogP) is -1.28. The molecule has 8 heteroatoms. The molecule has 1 atom stereocenters. The van der Waals surface area contributed by atoms with E-state index in [1.807, 2.05) is 11.0 Å². The summed E-state index contributed by atoms with van der Waals surface area (Å²) in [6.45, 7) is 2.20. The van der Waals surface area contributed by atoms with E-state index in [9.17, 15) is 14.7 Å². The highest BCUT2D eigenvalue weighted by Gasteiger charge is 2.58. The molecule has 2 amide bonds. The van der Waals surface area contributed by atoms with Crippen LogP contribution in [0.2, 0.25) is 0 Å². The van der Waals surface area contributed by atoms with Crippen molar-refractivity contribution in [3.63, 3.8) is 0 Å². The Morgan fingerprint density at radius 1 is 1.21 bits per heavy atom. The highest BCUT2D eigenvalue weighted by atomic mass is 32.1. The minimum absolute atomic E-state index is 0.0223. The standard InChI is InChI=1S/C16H20N4O3S/c21-9-8-20-7-6-17-10-12(20)16(11-4-2-1-3-5-11)13(22)18-15(24)19-14(16)23/h1-5,12,17,21H,6-10H2,(H2,18,19,22,23,24). The number of benzene rings is 1. The first kappa shape index (κ1) is 17.0. The second-order valence-corrected chi connectivity index (χ2v) is 6.30. The van der Waals surface area contributed by atoms with Crippen LogP contribution in [-0.4, -0.2) is 65.8 Å². The number of amides is 2. The second kappa shape index (κ2) is 6.94. The van der Waals surface area contributed by atoms with E-state index in [0.29, 0.717) is 25.2 Å². The fourth-order valence-corrected chi connectivity index (χ4v) is 3.75. The number of hydrogen-bond donors (Lipinski definition) is 4. The number of piperazine rings is 1. The Bertz CT molecular complexity index is 630. The number of nitrogens with one attached hydrogen (secondary N) is 3. The van der Waals surface area contributed by atoms with E-state index in [-0.39, 0.29) is 11.7 Å². The van der Waals surface area contributed by atoms with Gasteiger partial charge in [0.2, 0.25) is 11.8 Å². The molecule has 1 unspecified atom stereocenters. The van der Waals surface area contributed by atoms with E-state index in [4.69, 9.17) is 12.2 Å². The quantitative estimate of drug-likeness (QED) is 0.400. The molecule has 7 nitrogen and oxygen atoms in total. The molecule has 4 N–H and O–H groups in total. The summed E-state index contributed by atoms with van der Waals surface area (Å²) in [6, 6.07) is 8.57. The first-order valence-corrected chi connectivity index (χ1v) is 8.29. The van der Waals surface area contributed by atoms with Crippen molar-refractivity contribution in [2.75, 3.05) is 32.8 Å². The normalized spacial score (nSPS) is 24.4. The summed E-state index contributed by atoms with van der Waals surface area (Å²) >= 11 is 4.96. The first-order chi connectivity index (χ1) is 11.6. The van der Waals surface area contributed by atoms with Crippen molar-refractivity contribution in [3.8, 4) is 0 Å². The molecule has 1 aromatic rings. The monoisotopic (exact) mass is 348 g/mol. The van der Waals surface area contributed by atoms with Crippen LogP contribution >= 0.6 is 12.2 Å². The van der Waals surface area contributed by atoms with Crippen LogP contribution in [-0.2, 0) is 15.0 Å². The molecule has 0 saturated carbocycles. The molecule has 2 aliphatic rings. The largest absolute Gasteiger partial charge is 0.395 e. The highest BCUT2D eigenvalue weighted by molar-refractivity contribution is 7.80. The molecule has 24 heavy (non-hydrogen) atoms. The van der Waals surface area contributed by atoms with Gasteiger partial charge in [-0.25, -0.2) is 0 Å². The molecule has 2 saturated heterocycles. The van der Waals surface area contributed by atoms with Crippen molar-refractivity contribution < 1.29 is 14.7 Å². The topological polar surface area (TPSA) is 93.7 Å². The third-order valence-corrected chi connectivity index (χ3v) is 4.84. The molecule has 0 bridgehead atoms. The van der Waals surface area contributed by atoms with Crippen LogP contribution in [0.3, 0.4) is 0 Å². The molecule has 2 aliphatic heterocycles. The zero-order valence-corrected chi connectivity index (χ0v) is 13.9. The molecular formula is C16H20N4O3S. The lowest BCUT2D eigenvalue weighted by Gasteiger charge is -2.48. The second-order valence-electron chi connectivity index (χ2n) is 5.89. The number of thiocarbonyl (C=S) groups is 1. The summed E-state index contributed by atoms with van der Waals surface area (Å²) in [6.07, 6.45) is 0. The highest BCUT2D eigenvalue weighted by Crippen LogP contribution is 2.34. The van der Waals surface area contributed by atoms with Crippen LogP contribution in [0.25, 0.3) is 0 Å². The SMILES string of the molecule is O=C1NC(=S)NC(=O)C1(c1ccccc1)C1CNCCN1CCO. The number of aliphatic hydroxyl groups excluding tert-OH is 1. The number of β-amino-alcohol motifs (C(OH)–C–C–N with tert-alkyl or cyclic N) is 1. The zero-order chi connectivity index (χ0) is 17.2. The molecule has 2 fully saturated rings. The van der Waals surface area contributed by atoms with E-state index < -0.39 is 23.3 Å². The van der Waals surface area contributed by atoms with Crippen LogP contribution in [0.4, 0.5) is 0 Å². The smallest absolute Gasteiger partial charge is 0.248 e. The Morgan fingerprint density at radius 2 is 1.88 bits per heavy atom. The zero-order valence-electron chi connectivity index (χ0n) is 13.1. The van der Waals surface area contributed by atoms with Gasteiger partial charge in [-0.1, -0.05) is 30.3 Å². The van der Waals surface area contributed by atoms with Crippen LogP contribution in [0.5, 0.6) is 0 Å². The van der Waals surface area contributed by atoms with Crippen molar-refractivity contribution in [1.82, 2.24) is 20.9 Å². The molecule has 0 aromatic heterocycles. The van der Waals surface area contributed by atoms with Crippen LogP contribution in [0, 0.1) is 0 Å². The van der Waals surface area contributed by atoms with Gasteiger partial charge in [-0.2, -0.15) is 0 Å². The number of carbonyl (C=O) groups is 2. The van der Waals surface area contributed by atoms with Gasteiger partial charge in [0, 0.05) is 32.2 Å². The molecule has 1 aromatic carbocycles. The third kappa shape index (κ3) is 2.71. The number of rotatable bonds is 4. The van der Waals surface area contributed by atoms with Gasteiger partial charge in [0.25, 0.3) is 0 Å². The summed E-state index contributed by atoms with van der Waals surface area (Å²) in [4.78, 5) is 28.0. The summed E-state index contributed by atoms with van der Waals surface area (Å²) in [5.41, 5.74) is -0.814. The van der Waals surface area contributed by atoms with Crippen molar-refractivity contribution >= 4 is 29.1 Å². The van der Waals surface area contributed by atoms with Gasteiger partial charge in [0.05, 0.1) is 6.61 Å². The minimum atomic E-state index is -1.42. The van der Waals surface area contributed by atoms with Crippen molar-refractivity contribution in [2.24, 2.45) is 0 Å². The first-order valence-electron chi connectivity index (χ1n) is 7.88. The van der Waals surface area contributed by atoms with E-state index in [2.05, 4.69) is 16.0 Å². The summed E-state index contributed by atoms with van der Waals surface area (Å²) in [5, 5.41) is 17.9. The number of carbonyl (C=O) groups excluding carboxylic acids is 2. The average molecular weight is 348 g/mol. The molecule has 3 rings (SSSR count). The van der Waals surface area contributed by atoms with Crippen molar-refractivity contribution in [2.45, 2.75) is 11.5 Å². The summed E-state index contributed by atoms with van der Waals surface area (Å²) < 4.78 is 0. The van der Waals surface area contributed by atoms with Crippen molar-refractivity contribution in [3.05, 3.63) is 35.9 Å². The number of hydrogen-bond acceptors (Lipinski definition) is 6. The van der Waals surface area contributed by atoms with Gasteiger partial charge < -0.3 is 21.1 Å². The van der Waals surface area contributed by atoms with E-state index in [0.717, 1.165) is 6.54 Å². The molecule has 0 aliphatic carbocycles. The lowest BCUT2D eigenvalue weighted by atomic mass is 9.70. The van der Waals surface area contributed by atoms with Gasteiger partial charge in [0.15, 0.2) is 10.5 Å². The maximum atomic E-state index is 13.0. The fourth-order valence-electron chi connectivity index (χ4n) is 3.57. The van der Waals surface area contributed by atoms with Gasteiger partial charge >= 0.3 is 0 Å². The van der Waals surface area contributed by atoms with Crippen LogP contribution in [0.1, 0.15) is 5.56 Å². The maximum Gasteiger partial charge on any atom is 0.248 e. The number of aliphatic hydroxyl groups is 1. The van der Waals surface area contributed by atoms with E-state index >= 15 is 0 Å². The molecule has 128 valence electrons. The minimum Gasteiger partial charge on any atom is -0.395 e. The van der Waals surface area contributed by atoms with Gasteiger partial charge in [-0.05, 0) is 17.8 Å². The maximum absolute atomic E-state index is 13.0. The third-order valence-electron chi connectivity index (χ3n) is 4.64. The molecule has 2 heterocycles. The Labute approximate surface area is 145 Å². The van der Waals surface area contributed by atoms with Crippen LogP contribution < -0.4 is 16.0 Å². The number of nitrogens with zero attached hydrogens (tertiary/aromatic N) is 1. The van der Waals surface area contributed by atoms with E-state index in [1.165, 1.54) is 0 Å². The van der Waals surface area contributed by atoms with Gasteiger partial charge in [0.1, 0.15) is 0 Å². The Morgan fingerprint density at radius 3 is 2.50 bits per heavy atom. The Hall–Kier alpha value is -1.87. The van der Waals surface area contributed by atoms with Crippen LogP contribution in [0.15, 0.2) is 30.3 Å². The molecule has 0 spiro atoms. The lowest BCUT2D eigenvalue weighted by Crippen LogP contribution is -2.74. The predicted molar refractivity (Wildman–Crippen MR) is 92.3 cm³/mol. The van der Waals surface area contributed by atoms with E-state index in [1.54, 1.807) is 24.3 Å². The lowest BCUT2D eigenvalue weighted by molar-refractivity contribution is -0.142. The Kier molecular flexibility index (Phi) is 4.91. The van der Waals surface area contributed by atoms with Gasteiger partial charge in [-0.3, -0.25) is 14.5 Å².